The van der Waals surface area contributed by atoms with Crippen molar-refractivity contribution in [3.63, 3.8) is 0 Å². The molecule has 9 aromatic carbocycles. The number of hydrogen-bond donors (Lipinski definition) is 0. The van der Waals surface area contributed by atoms with Crippen LogP contribution < -0.4 is 4.90 Å². The minimum Gasteiger partial charge on any atom is -0.310 e. The van der Waals surface area contributed by atoms with Gasteiger partial charge in [-0.15, -0.1) is 0 Å². The fourth-order valence-corrected chi connectivity index (χ4v) is 9.62. The maximum absolute atomic E-state index is 10.4. The van der Waals surface area contributed by atoms with Gasteiger partial charge in [0.15, 0.2) is 5.82 Å². The van der Waals surface area contributed by atoms with Crippen LogP contribution in [0.3, 0.4) is 0 Å². The number of hydrogen-bond acceptors (Lipinski definition) is 4. The van der Waals surface area contributed by atoms with Gasteiger partial charge < -0.3 is 9.47 Å². The van der Waals surface area contributed by atoms with E-state index in [-0.39, 0.29) is 0 Å². The summed E-state index contributed by atoms with van der Waals surface area (Å²) in [5.41, 5.74) is 19.1. The van der Waals surface area contributed by atoms with Gasteiger partial charge in [0.2, 0.25) is 0 Å². The SMILES string of the molecule is Cc1cc(-c2cccc(N(c3ccccc3)c3cc4c5ccccc5n(-c5ccccc5)c4c(-c4ccccc4C)c3C)c2)c(-c2nc(-c3ccccc3)cc(-c3ccccc3)n2)cc1C#N. The van der Waals surface area contributed by atoms with E-state index >= 15 is 0 Å². The zero-order valence-electron chi connectivity index (χ0n) is 37.5. The van der Waals surface area contributed by atoms with Gasteiger partial charge in [-0.2, -0.15) is 5.26 Å². The van der Waals surface area contributed by atoms with E-state index in [0.717, 1.165) is 78.6 Å². The monoisotopic (exact) mass is 859 g/mol. The first-order valence-electron chi connectivity index (χ1n) is 22.6. The number of aryl methyl sites for hydroxylation is 2. The van der Waals surface area contributed by atoms with Crippen molar-refractivity contribution in [1.29, 1.82) is 5.26 Å². The van der Waals surface area contributed by atoms with Crippen molar-refractivity contribution in [2.75, 3.05) is 4.90 Å². The van der Waals surface area contributed by atoms with E-state index in [1.54, 1.807) is 0 Å². The molecule has 11 aromatic rings. The van der Waals surface area contributed by atoms with Crippen molar-refractivity contribution in [3.05, 3.63) is 241 Å². The van der Waals surface area contributed by atoms with Crippen LogP contribution in [0.25, 0.3) is 83.6 Å². The zero-order valence-corrected chi connectivity index (χ0v) is 37.5. The average Bonchev–Trinajstić information content (AvgIpc) is 3.71. The van der Waals surface area contributed by atoms with Gasteiger partial charge in [-0.05, 0) is 121 Å². The first kappa shape index (κ1) is 40.9. The number of aromatic nitrogens is 3. The summed E-state index contributed by atoms with van der Waals surface area (Å²) in [5.74, 6) is 0.552. The summed E-state index contributed by atoms with van der Waals surface area (Å²) in [6, 6.07) is 79.0. The first-order valence-corrected chi connectivity index (χ1v) is 22.6. The molecule has 0 bridgehead atoms. The Hall–Kier alpha value is -8.85. The molecule has 67 heavy (non-hydrogen) atoms. The molecular formula is C62H45N5. The second-order valence-corrected chi connectivity index (χ2v) is 17.0. The third-order valence-corrected chi connectivity index (χ3v) is 12.9. The Kier molecular flexibility index (Phi) is 10.5. The van der Waals surface area contributed by atoms with Crippen LogP contribution in [0.2, 0.25) is 0 Å². The molecule has 0 amide bonds. The minimum atomic E-state index is 0.552. The number of nitrogens with zero attached hydrogens (tertiary/aromatic N) is 5. The molecule has 0 spiro atoms. The summed E-state index contributed by atoms with van der Waals surface area (Å²) < 4.78 is 2.43. The van der Waals surface area contributed by atoms with E-state index in [1.165, 1.54) is 33.0 Å². The lowest BCUT2D eigenvalue weighted by Crippen LogP contribution is -2.12. The molecule has 2 aromatic heterocycles. The lowest BCUT2D eigenvalue weighted by atomic mass is 9.91. The molecule has 0 saturated heterocycles. The van der Waals surface area contributed by atoms with Crippen LogP contribution in [0.4, 0.5) is 17.1 Å². The Morgan fingerprint density at radius 2 is 1.04 bits per heavy atom. The van der Waals surface area contributed by atoms with Crippen LogP contribution in [-0.4, -0.2) is 14.5 Å². The van der Waals surface area contributed by atoms with E-state index in [9.17, 15) is 5.26 Å². The van der Waals surface area contributed by atoms with Gasteiger partial charge in [0.25, 0.3) is 0 Å². The van der Waals surface area contributed by atoms with Gasteiger partial charge in [-0.25, -0.2) is 9.97 Å². The molecule has 0 aliphatic carbocycles. The molecular weight excluding hydrogens is 815 g/mol. The summed E-state index contributed by atoms with van der Waals surface area (Å²) >= 11 is 0. The Balaban J connectivity index is 1.17. The van der Waals surface area contributed by atoms with Crippen molar-refractivity contribution in [2.45, 2.75) is 20.8 Å². The molecule has 0 N–H and O–H groups in total. The normalized spacial score (nSPS) is 11.2. The van der Waals surface area contributed by atoms with Crippen LogP contribution in [0.15, 0.2) is 218 Å². The maximum Gasteiger partial charge on any atom is 0.161 e. The molecule has 0 atom stereocenters. The molecule has 0 radical (unpaired) electrons. The maximum atomic E-state index is 10.4. The van der Waals surface area contributed by atoms with Crippen molar-refractivity contribution in [1.82, 2.24) is 14.5 Å². The Morgan fingerprint density at radius 1 is 0.463 bits per heavy atom. The number of benzene rings is 9. The fraction of sp³-hybridized carbons (Fsp3) is 0.0484. The minimum absolute atomic E-state index is 0.552. The predicted molar refractivity (Wildman–Crippen MR) is 277 cm³/mol. The van der Waals surface area contributed by atoms with Gasteiger partial charge in [-0.3, -0.25) is 0 Å². The summed E-state index contributed by atoms with van der Waals surface area (Å²) in [4.78, 5) is 12.9. The van der Waals surface area contributed by atoms with Crippen molar-refractivity contribution < 1.29 is 0 Å². The predicted octanol–water partition coefficient (Wildman–Crippen LogP) is 16.2. The summed E-state index contributed by atoms with van der Waals surface area (Å²) in [6.45, 7) is 6.48. The van der Waals surface area contributed by atoms with Crippen LogP contribution in [-0.2, 0) is 0 Å². The van der Waals surface area contributed by atoms with Crippen LogP contribution in [0.1, 0.15) is 22.3 Å². The van der Waals surface area contributed by atoms with Crippen molar-refractivity contribution in [3.8, 4) is 67.9 Å². The molecule has 0 aliphatic heterocycles. The van der Waals surface area contributed by atoms with Crippen LogP contribution >= 0.6 is 0 Å². The van der Waals surface area contributed by atoms with Crippen LogP contribution in [0.5, 0.6) is 0 Å². The molecule has 0 saturated carbocycles. The molecule has 0 unspecified atom stereocenters. The van der Waals surface area contributed by atoms with Gasteiger partial charge in [-0.1, -0.05) is 152 Å². The number of rotatable bonds is 9. The lowest BCUT2D eigenvalue weighted by Gasteiger charge is -2.29. The summed E-state index contributed by atoms with van der Waals surface area (Å²) in [6.07, 6.45) is 0. The lowest BCUT2D eigenvalue weighted by molar-refractivity contribution is 1.17. The highest BCUT2D eigenvalue weighted by Crippen LogP contribution is 2.48. The molecule has 11 rings (SSSR count). The molecule has 0 fully saturated rings. The average molecular weight is 860 g/mol. The fourth-order valence-electron chi connectivity index (χ4n) is 9.62. The first-order chi connectivity index (χ1) is 32.9. The summed E-state index contributed by atoms with van der Waals surface area (Å²) in [5, 5.41) is 12.8. The van der Waals surface area contributed by atoms with Gasteiger partial charge in [0.05, 0.1) is 39.7 Å². The molecule has 2 heterocycles. The van der Waals surface area contributed by atoms with Crippen molar-refractivity contribution in [2.24, 2.45) is 0 Å². The quantitative estimate of drug-likeness (QED) is 0.145. The van der Waals surface area contributed by atoms with E-state index in [2.05, 4.69) is 199 Å². The van der Waals surface area contributed by atoms with E-state index in [4.69, 9.17) is 9.97 Å². The smallest absolute Gasteiger partial charge is 0.161 e. The number of fused-ring (bicyclic) bond motifs is 3. The van der Waals surface area contributed by atoms with Gasteiger partial charge in [0, 0.05) is 50.1 Å². The number of anilines is 3. The summed E-state index contributed by atoms with van der Waals surface area (Å²) in [7, 11) is 0. The van der Waals surface area contributed by atoms with E-state index < -0.39 is 0 Å². The zero-order chi connectivity index (χ0) is 45.4. The third kappa shape index (κ3) is 7.41. The second-order valence-electron chi connectivity index (χ2n) is 17.0. The van der Waals surface area contributed by atoms with Gasteiger partial charge in [0.1, 0.15) is 0 Å². The standard InChI is InChI=1S/C62H45N5/c1-41-21-16-17-32-51(41)60-43(3)59(38-54-52-33-18-19-34-58(52)67(61(54)60)49-29-14-7-15-30-49)66(48-27-12-6-13-28-48)50-31-20-26-46(36-50)53-35-42(2)47(40-63)37-55(53)62-64-56(44-22-8-4-9-23-44)39-57(65-62)45-24-10-5-11-25-45/h4-39H,1-3H3. The number of nitriles is 1. The van der Waals surface area contributed by atoms with Crippen molar-refractivity contribution >= 4 is 38.9 Å². The third-order valence-electron chi connectivity index (χ3n) is 12.9. The van der Waals surface area contributed by atoms with E-state index in [0.29, 0.717) is 11.4 Å². The molecule has 318 valence electrons. The Bertz CT molecular complexity index is 3610. The highest BCUT2D eigenvalue weighted by Gasteiger charge is 2.26. The second kappa shape index (κ2) is 17.3. The Labute approximate surface area is 391 Å². The van der Waals surface area contributed by atoms with Crippen LogP contribution in [0, 0.1) is 32.1 Å². The molecule has 0 aliphatic rings. The largest absolute Gasteiger partial charge is 0.310 e. The van der Waals surface area contributed by atoms with E-state index in [1.807, 2.05) is 55.5 Å². The molecule has 5 nitrogen and oxygen atoms in total. The number of para-hydroxylation sites is 3. The highest BCUT2D eigenvalue weighted by atomic mass is 15.1. The Morgan fingerprint density at radius 3 is 1.72 bits per heavy atom. The molecule has 5 heteroatoms. The van der Waals surface area contributed by atoms with Gasteiger partial charge >= 0.3 is 0 Å². The highest BCUT2D eigenvalue weighted by molar-refractivity contribution is 6.16. The topological polar surface area (TPSA) is 57.7 Å².